The highest BCUT2D eigenvalue weighted by Crippen LogP contribution is 1.97. The van der Waals surface area contributed by atoms with Crippen molar-refractivity contribution in [2.45, 2.75) is 33.1 Å². The summed E-state index contributed by atoms with van der Waals surface area (Å²) in [6.07, 6.45) is 2.64. The van der Waals surface area contributed by atoms with Gasteiger partial charge in [-0.15, -0.1) is 0 Å². The van der Waals surface area contributed by atoms with Crippen molar-refractivity contribution >= 4 is 0 Å². The smallest absolute Gasteiger partial charge is 0.0621 e. The Balaban J connectivity index is 2.86. The Kier molecular flexibility index (Phi) is 7.18. The van der Waals surface area contributed by atoms with E-state index in [2.05, 4.69) is 19.9 Å². The lowest BCUT2D eigenvalue weighted by atomic mass is 10.2. The van der Waals surface area contributed by atoms with Gasteiger partial charge in [-0.2, -0.15) is 5.26 Å². The summed E-state index contributed by atoms with van der Waals surface area (Å²) in [5.74, 6) is 0.617. The van der Waals surface area contributed by atoms with Gasteiger partial charge in [0.05, 0.1) is 6.07 Å². The molecule has 0 fully saturated rings. The largest absolute Gasteiger partial charge is 0.381 e. The van der Waals surface area contributed by atoms with Crippen LogP contribution in [0.5, 0.6) is 0 Å². The summed E-state index contributed by atoms with van der Waals surface area (Å²) >= 11 is 0. The van der Waals surface area contributed by atoms with Crippen LogP contribution in [0.1, 0.15) is 33.1 Å². The number of rotatable bonds is 6. The van der Waals surface area contributed by atoms with Crippen LogP contribution in [-0.2, 0) is 4.74 Å². The summed E-state index contributed by atoms with van der Waals surface area (Å²) in [5.41, 5.74) is 0. The zero-order valence-electron chi connectivity index (χ0n) is 7.47. The summed E-state index contributed by atoms with van der Waals surface area (Å²) < 4.78 is 5.33. The third kappa shape index (κ3) is 9.45. The fraction of sp³-hybridized carbons (Fsp3) is 0.889. The first kappa shape index (κ1) is 10.4. The summed E-state index contributed by atoms with van der Waals surface area (Å²) in [4.78, 5) is 0. The van der Waals surface area contributed by atoms with Crippen molar-refractivity contribution in [3.05, 3.63) is 0 Å². The summed E-state index contributed by atoms with van der Waals surface area (Å²) in [5, 5.41) is 8.22. The van der Waals surface area contributed by atoms with Crippen molar-refractivity contribution in [2.75, 3.05) is 13.2 Å². The zero-order valence-corrected chi connectivity index (χ0v) is 7.47. The molecule has 0 unspecified atom stereocenters. The number of unbranched alkanes of at least 4 members (excludes halogenated alkanes) is 2. The zero-order chi connectivity index (χ0) is 8.53. The molecule has 0 saturated heterocycles. The lowest BCUT2D eigenvalue weighted by Gasteiger charge is -2.04. The molecule has 0 aromatic carbocycles. The Morgan fingerprint density at radius 1 is 1.36 bits per heavy atom. The quantitative estimate of drug-likeness (QED) is 0.551. The summed E-state index contributed by atoms with van der Waals surface area (Å²) in [7, 11) is 0. The molecule has 2 heteroatoms. The van der Waals surface area contributed by atoms with Crippen LogP contribution in [0.4, 0.5) is 0 Å². The highest BCUT2D eigenvalue weighted by Gasteiger charge is 1.92. The monoisotopic (exact) mass is 155 g/mol. The second kappa shape index (κ2) is 7.56. The fourth-order valence-electron chi connectivity index (χ4n) is 0.727. The molecule has 0 atom stereocenters. The predicted molar refractivity (Wildman–Crippen MR) is 45.1 cm³/mol. The molecule has 0 saturated carbocycles. The molecule has 0 amide bonds. The van der Waals surface area contributed by atoms with Crippen molar-refractivity contribution in [2.24, 2.45) is 5.92 Å². The van der Waals surface area contributed by atoms with Gasteiger partial charge in [0.1, 0.15) is 0 Å². The molecular weight excluding hydrogens is 138 g/mol. The molecule has 0 rings (SSSR count). The van der Waals surface area contributed by atoms with E-state index in [-0.39, 0.29) is 0 Å². The highest BCUT2D eigenvalue weighted by atomic mass is 16.5. The Hall–Kier alpha value is -0.550. The van der Waals surface area contributed by atoms with Crippen LogP contribution in [-0.4, -0.2) is 13.2 Å². The minimum Gasteiger partial charge on any atom is -0.381 e. The van der Waals surface area contributed by atoms with Gasteiger partial charge < -0.3 is 4.74 Å². The maximum atomic E-state index is 8.22. The molecule has 64 valence electrons. The molecular formula is C9H17NO. The van der Waals surface area contributed by atoms with E-state index in [0.717, 1.165) is 26.1 Å². The van der Waals surface area contributed by atoms with Crippen molar-refractivity contribution in [3.8, 4) is 6.07 Å². The SMILES string of the molecule is CC(C)COCCCCC#N. The number of nitriles is 1. The van der Waals surface area contributed by atoms with Gasteiger partial charge in [0.15, 0.2) is 0 Å². The van der Waals surface area contributed by atoms with E-state index in [0.29, 0.717) is 12.3 Å². The van der Waals surface area contributed by atoms with Gasteiger partial charge >= 0.3 is 0 Å². The minimum absolute atomic E-state index is 0.617. The van der Waals surface area contributed by atoms with Gasteiger partial charge in [-0.25, -0.2) is 0 Å². The van der Waals surface area contributed by atoms with Crippen LogP contribution in [0.3, 0.4) is 0 Å². The molecule has 0 aliphatic carbocycles. The van der Waals surface area contributed by atoms with Gasteiger partial charge in [-0.05, 0) is 18.8 Å². The Labute approximate surface area is 69.2 Å². The Bertz CT molecular complexity index is 115. The van der Waals surface area contributed by atoms with E-state index in [4.69, 9.17) is 10.00 Å². The van der Waals surface area contributed by atoms with Gasteiger partial charge in [-0.3, -0.25) is 0 Å². The van der Waals surface area contributed by atoms with E-state index >= 15 is 0 Å². The van der Waals surface area contributed by atoms with Gasteiger partial charge in [-0.1, -0.05) is 13.8 Å². The molecule has 0 aromatic rings. The maximum absolute atomic E-state index is 8.22. The number of ether oxygens (including phenoxy) is 1. The topological polar surface area (TPSA) is 33.0 Å². The van der Waals surface area contributed by atoms with Gasteiger partial charge in [0.2, 0.25) is 0 Å². The van der Waals surface area contributed by atoms with E-state index in [1.165, 1.54) is 0 Å². The Morgan fingerprint density at radius 3 is 2.64 bits per heavy atom. The van der Waals surface area contributed by atoms with E-state index in [1.807, 2.05) is 0 Å². The van der Waals surface area contributed by atoms with E-state index < -0.39 is 0 Å². The molecule has 0 aliphatic rings. The molecule has 2 nitrogen and oxygen atoms in total. The second-order valence-corrected chi connectivity index (χ2v) is 3.08. The fourth-order valence-corrected chi connectivity index (χ4v) is 0.727. The lowest BCUT2D eigenvalue weighted by molar-refractivity contribution is 0.107. The first-order chi connectivity index (χ1) is 5.27. The van der Waals surface area contributed by atoms with Crippen LogP contribution >= 0.6 is 0 Å². The lowest BCUT2D eigenvalue weighted by Crippen LogP contribution is -2.02. The van der Waals surface area contributed by atoms with Crippen molar-refractivity contribution in [1.82, 2.24) is 0 Å². The average Bonchev–Trinajstić information content (AvgIpc) is 1.96. The average molecular weight is 155 g/mol. The molecule has 0 N–H and O–H groups in total. The molecule has 0 spiro atoms. The molecule has 0 aromatic heterocycles. The first-order valence-corrected chi connectivity index (χ1v) is 4.22. The Morgan fingerprint density at radius 2 is 2.09 bits per heavy atom. The number of hydrogen-bond donors (Lipinski definition) is 0. The van der Waals surface area contributed by atoms with Crippen LogP contribution in [0.25, 0.3) is 0 Å². The standard InChI is InChI=1S/C9H17NO/c1-9(2)8-11-7-5-3-4-6-10/h9H,3-5,7-8H2,1-2H3. The molecule has 11 heavy (non-hydrogen) atoms. The normalized spacial score (nSPS) is 10.0. The van der Waals surface area contributed by atoms with Crippen molar-refractivity contribution in [1.29, 1.82) is 5.26 Å². The third-order valence-electron chi connectivity index (χ3n) is 1.28. The van der Waals surface area contributed by atoms with Crippen LogP contribution in [0.15, 0.2) is 0 Å². The number of nitrogens with zero attached hydrogens (tertiary/aromatic N) is 1. The maximum Gasteiger partial charge on any atom is 0.0621 e. The molecule has 0 radical (unpaired) electrons. The van der Waals surface area contributed by atoms with Crippen molar-refractivity contribution < 1.29 is 4.74 Å². The second-order valence-electron chi connectivity index (χ2n) is 3.08. The third-order valence-corrected chi connectivity index (χ3v) is 1.28. The van der Waals surface area contributed by atoms with Crippen LogP contribution in [0.2, 0.25) is 0 Å². The van der Waals surface area contributed by atoms with Gasteiger partial charge in [0, 0.05) is 19.6 Å². The number of hydrogen-bond acceptors (Lipinski definition) is 2. The van der Waals surface area contributed by atoms with Crippen molar-refractivity contribution in [3.63, 3.8) is 0 Å². The van der Waals surface area contributed by atoms with Crippen LogP contribution in [0, 0.1) is 17.2 Å². The van der Waals surface area contributed by atoms with E-state index in [1.54, 1.807) is 0 Å². The highest BCUT2D eigenvalue weighted by molar-refractivity contribution is 4.67. The molecule has 0 bridgehead atoms. The van der Waals surface area contributed by atoms with Crippen LogP contribution < -0.4 is 0 Å². The first-order valence-electron chi connectivity index (χ1n) is 4.22. The molecule has 0 aliphatic heterocycles. The summed E-state index contributed by atoms with van der Waals surface area (Å²) in [6, 6.07) is 2.11. The predicted octanol–water partition coefficient (Wildman–Crippen LogP) is 2.35. The summed E-state index contributed by atoms with van der Waals surface area (Å²) in [6.45, 7) is 5.91. The van der Waals surface area contributed by atoms with E-state index in [9.17, 15) is 0 Å². The molecule has 0 heterocycles. The van der Waals surface area contributed by atoms with Gasteiger partial charge in [0.25, 0.3) is 0 Å². The minimum atomic E-state index is 0.617.